The van der Waals surface area contributed by atoms with Crippen molar-refractivity contribution in [1.82, 2.24) is 14.8 Å². The van der Waals surface area contributed by atoms with Gasteiger partial charge in [-0.2, -0.15) is 0 Å². The Morgan fingerprint density at radius 3 is 2.66 bits per heavy atom. The number of carbonyl (C=O) groups excluding carboxylic acids is 2. The van der Waals surface area contributed by atoms with E-state index >= 15 is 0 Å². The van der Waals surface area contributed by atoms with Gasteiger partial charge in [0.15, 0.2) is 0 Å². The topological polar surface area (TPSA) is 54.3 Å². The molecule has 5 rings (SSSR count). The number of fused-ring (bicyclic) bond motifs is 3. The van der Waals surface area contributed by atoms with E-state index in [-0.39, 0.29) is 11.8 Å². The molecule has 162 valence electrons. The highest BCUT2D eigenvalue weighted by molar-refractivity contribution is 7.16. The molecule has 0 aliphatic carbocycles. The highest BCUT2D eigenvalue weighted by Gasteiger charge is 2.47. The lowest BCUT2D eigenvalue weighted by Crippen LogP contribution is -2.63. The minimum absolute atomic E-state index is 0.156. The van der Waals surface area contributed by atoms with Gasteiger partial charge in [-0.05, 0) is 47.7 Å². The van der Waals surface area contributed by atoms with Crippen molar-refractivity contribution >= 4 is 45.0 Å². The largest absolute Gasteiger partial charge is 0.350 e. The average Bonchev–Trinajstić information content (AvgIpc) is 3.38. The van der Waals surface area contributed by atoms with Crippen LogP contribution in [-0.2, 0) is 24.4 Å². The summed E-state index contributed by atoms with van der Waals surface area (Å²) in [5.74, 6) is -0.335. The quantitative estimate of drug-likeness (QED) is 0.448. The third kappa shape index (κ3) is 3.59. The minimum Gasteiger partial charge on any atom is -0.350 e. The Morgan fingerprint density at radius 1 is 1.09 bits per heavy atom. The van der Waals surface area contributed by atoms with Gasteiger partial charge in [0, 0.05) is 23.5 Å². The summed E-state index contributed by atoms with van der Waals surface area (Å²) in [6, 6.07) is 21.1. The molecule has 1 atom stereocenters. The number of nitrogens with zero attached hydrogens (tertiary/aromatic N) is 2. The first-order valence-corrected chi connectivity index (χ1v) is 11.7. The fourth-order valence-electron chi connectivity index (χ4n) is 4.29. The first-order valence-electron chi connectivity index (χ1n) is 10.4. The number of nitrogens with one attached hydrogen (secondary N) is 1. The van der Waals surface area contributed by atoms with E-state index in [0.29, 0.717) is 30.4 Å². The number of aromatic nitrogens is 1. The third-order valence-electron chi connectivity index (χ3n) is 6.04. The predicted octanol–water partition coefficient (Wildman–Crippen LogP) is 5.09. The summed E-state index contributed by atoms with van der Waals surface area (Å²) >= 11 is 7.77. The van der Waals surface area contributed by atoms with E-state index in [1.165, 1.54) is 0 Å². The summed E-state index contributed by atoms with van der Waals surface area (Å²) in [6.07, 6.45) is 0. The Hall–Kier alpha value is -3.09. The van der Waals surface area contributed by atoms with Crippen LogP contribution >= 0.6 is 22.9 Å². The van der Waals surface area contributed by atoms with Gasteiger partial charge in [-0.3, -0.25) is 9.59 Å². The number of carbonyl (C=O) groups is 2. The van der Waals surface area contributed by atoms with Crippen molar-refractivity contribution in [3.05, 3.63) is 94.0 Å². The standard InChI is InChI=1S/C25H22ClN3O2S/c1-25(24(31)27-14-17-6-3-2-4-7-17)16-28-21(13-19-10-11-32-23(19)28)22(30)29(25)15-18-8-5-9-20(26)12-18/h2-13H,14-16H2,1H3,(H,27,31). The molecule has 0 bridgehead atoms. The molecule has 3 heterocycles. The summed E-state index contributed by atoms with van der Waals surface area (Å²) < 4.78 is 1.99. The first kappa shape index (κ1) is 20.8. The SMILES string of the molecule is CC1(C(=O)NCc2ccccc2)Cn2c(cc3ccsc32)C(=O)N1Cc1cccc(Cl)c1. The van der Waals surface area contributed by atoms with Crippen LogP contribution < -0.4 is 5.32 Å². The number of benzene rings is 2. The van der Waals surface area contributed by atoms with Crippen LogP contribution in [0.25, 0.3) is 10.2 Å². The van der Waals surface area contributed by atoms with Crippen LogP contribution in [0.15, 0.2) is 72.1 Å². The average molecular weight is 464 g/mol. The molecule has 2 amide bonds. The van der Waals surface area contributed by atoms with Crippen molar-refractivity contribution in [3.8, 4) is 0 Å². The predicted molar refractivity (Wildman–Crippen MR) is 128 cm³/mol. The van der Waals surface area contributed by atoms with Crippen molar-refractivity contribution < 1.29 is 9.59 Å². The Bertz CT molecular complexity index is 1310. The molecule has 2 aromatic carbocycles. The van der Waals surface area contributed by atoms with Crippen LogP contribution in [0, 0.1) is 0 Å². The number of halogens is 1. The zero-order valence-electron chi connectivity index (χ0n) is 17.5. The number of hydrogen-bond donors (Lipinski definition) is 1. The summed E-state index contributed by atoms with van der Waals surface area (Å²) in [5.41, 5.74) is 1.45. The van der Waals surface area contributed by atoms with Crippen molar-refractivity contribution in [2.45, 2.75) is 32.1 Å². The Balaban J connectivity index is 1.52. The first-order chi connectivity index (χ1) is 15.5. The number of hydrogen-bond acceptors (Lipinski definition) is 3. The lowest BCUT2D eigenvalue weighted by Gasteiger charge is -2.44. The molecule has 0 saturated carbocycles. The van der Waals surface area contributed by atoms with E-state index in [4.69, 9.17) is 11.6 Å². The summed E-state index contributed by atoms with van der Waals surface area (Å²) in [5, 5.41) is 6.69. The number of thiophene rings is 1. The smallest absolute Gasteiger partial charge is 0.271 e. The second-order valence-corrected chi connectivity index (χ2v) is 9.59. The molecule has 1 N–H and O–H groups in total. The molecule has 0 radical (unpaired) electrons. The highest BCUT2D eigenvalue weighted by atomic mass is 35.5. The van der Waals surface area contributed by atoms with Crippen LogP contribution in [0.2, 0.25) is 5.02 Å². The van der Waals surface area contributed by atoms with Gasteiger partial charge in [0.25, 0.3) is 5.91 Å². The lowest BCUT2D eigenvalue weighted by atomic mass is 9.93. The van der Waals surface area contributed by atoms with Crippen LogP contribution in [0.5, 0.6) is 0 Å². The molecule has 1 aliphatic heterocycles. The van der Waals surface area contributed by atoms with Gasteiger partial charge >= 0.3 is 0 Å². The molecule has 1 aliphatic rings. The maximum atomic E-state index is 13.7. The monoisotopic (exact) mass is 463 g/mol. The molecule has 0 fully saturated rings. The molecule has 1 unspecified atom stereocenters. The van der Waals surface area contributed by atoms with Crippen molar-refractivity contribution in [1.29, 1.82) is 0 Å². The van der Waals surface area contributed by atoms with Gasteiger partial charge in [-0.25, -0.2) is 0 Å². The number of rotatable bonds is 5. The van der Waals surface area contributed by atoms with E-state index < -0.39 is 5.54 Å². The van der Waals surface area contributed by atoms with E-state index in [2.05, 4.69) is 5.32 Å². The van der Waals surface area contributed by atoms with Gasteiger partial charge < -0.3 is 14.8 Å². The third-order valence-corrected chi connectivity index (χ3v) is 7.23. The number of amides is 2. The molecule has 32 heavy (non-hydrogen) atoms. The van der Waals surface area contributed by atoms with Crippen molar-refractivity contribution in [2.75, 3.05) is 0 Å². The Morgan fingerprint density at radius 2 is 1.88 bits per heavy atom. The zero-order chi connectivity index (χ0) is 22.3. The van der Waals surface area contributed by atoms with E-state index in [1.54, 1.807) is 22.3 Å². The van der Waals surface area contributed by atoms with Gasteiger partial charge in [0.2, 0.25) is 5.91 Å². The molecule has 5 nitrogen and oxygen atoms in total. The molecule has 0 saturated heterocycles. The molecule has 7 heteroatoms. The van der Waals surface area contributed by atoms with E-state index in [0.717, 1.165) is 21.3 Å². The summed E-state index contributed by atoms with van der Waals surface area (Å²) in [6.45, 7) is 2.94. The second kappa shape index (κ2) is 8.11. The van der Waals surface area contributed by atoms with Crippen LogP contribution in [0.1, 0.15) is 28.5 Å². The fourth-order valence-corrected chi connectivity index (χ4v) is 5.40. The van der Waals surface area contributed by atoms with Crippen LogP contribution in [0.3, 0.4) is 0 Å². The van der Waals surface area contributed by atoms with Gasteiger partial charge in [0.1, 0.15) is 16.1 Å². The molecule has 0 spiro atoms. The molecular weight excluding hydrogens is 442 g/mol. The van der Waals surface area contributed by atoms with Crippen molar-refractivity contribution in [3.63, 3.8) is 0 Å². The fraction of sp³-hybridized carbons (Fsp3) is 0.200. The molecule has 2 aromatic heterocycles. The molecule has 4 aromatic rings. The summed E-state index contributed by atoms with van der Waals surface area (Å²) in [4.78, 5) is 29.9. The van der Waals surface area contributed by atoms with Gasteiger partial charge in [-0.1, -0.05) is 54.1 Å². The van der Waals surface area contributed by atoms with E-state index in [1.807, 2.05) is 77.5 Å². The summed E-state index contributed by atoms with van der Waals surface area (Å²) in [7, 11) is 0. The normalized spacial score (nSPS) is 18.1. The van der Waals surface area contributed by atoms with Crippen LogP contribution in [-0.4, -0.2) is 26.8 Å². The minimum atomic E-state index is -1.06. The van der Waals surface area contributed by atoms with Gasteiger partial charge in [-0.15, -0.1) is 11.3 Å². The van der Waals surface area contributed by atoms with E-state index in [9.17, 15) is 9.59 Å². The zero-order valence-corrected chi connectivity index (χ0v) is 19.1. The second-order valence-electron chi connectivity index (χ2n) is 8.26. The van der Waals surface area contributed by atoms with Crippen molar-refractivity contribution in [2.24, 2.45) is 0 Å². The Labute approximate surface area is 195 Å². The van der Waals surface area contributed by atoms with Gasteiger partial charge in [0.05, 0.1) is 6.54 Å². The lowest BCUT2D eigenvalue weighted by molar-refractivity contribution is -0.133. The maximum Gasteiger partial charge on any atom is 0.271 e. The maximum absolute atomic E-state index is 13.7. The molecular formula is C25H22ClN3O2S. The highest BCUT2D eigenvalue weighted by Crippen LogP contribution is 2.35. The Kier molecular flexibility index (Phi) is 5.27. The van der Waals surface area contributed by atoms with Crippen LogP contribution in [0.4, 0.5) is 0 Å².